The molecule has 2 aromatic heterocycles. The van der Waals surface area contributed by atoms with Crippen LogP contribution in [0.3, 0.4) is 0 Å². The van der Waals surface area contributed by atoms with Gasteiger partial charge in [0.05, 0.1) is 30.2 Å². The zero-order chi connectivity index (χ0) is 20.4. The van der Waals surface area contributed by atoms with Crippen LogP contribution < -0.4 is 10.2 Å². The van der Waals surface area contributed by atoms with Crippen LogP contribution in [0.5, 0.6) is 0 Å². The van der Waals surface area contributed by atoms with E-state index in [2.05, 4.69) is 20.3 Å². The molecule has 1 fully saturated rings. The van der Waals surface area contributed by atoms with E-state index in [0.717, 1.165) is 6.07 Å². The summed E-state index contributed by atoms with van der Waals surface area (Å²) in [6.45, 7) is 3.75. The highest BCUT2D eigenvalue weighted by Crippen LogP contribution is 2.32. The van der Waals surface area contributed by atoms with E-state index in [0.29, 0.717) is 42.6 Å². The molecule has 160 valence electrons. The lowest BCUT2D eigenvalue weighted by Gasteiger charge is -2.33. The van der Waals surface area contributed by atoms with E-state index in [-0.39, 0.29) is 31.6 Å². The number of halogens is 3. The summed E-state index contributed by atoms with van der Waals surface area (Å²) in [7, 11) is 0. The average molecular weight is 437 g/mol. The van der Waals surface area contributed by atoms with Gasteiger partial charge in [-0.2, -0.15) is 36.6 Å². The second-order valence-corrected chi connectivity index (χ2v) is 6.87. The quantitative estimate of drug-likeness (QED) is 0.666. The number of benzene rings is 1. The van der Waals surface area contributed by atoms with Crippen molar-refractivity contribution < 1.29 is 17.9 Å². The summed E-state index contributed by atoms with van der Waals surface area (Å²) < 4.78 is 45.4. The zero-order valence-corrected chi connectivity index (χ0v) is 17.3. The van der Waals surface area contributed by atoms with Crippen molar-refractivity contribution in [3.63, 3.8) is 0 Å². The number of ether oxygens (including phenoxy) is 1. The normalized spacial score (nSPS) is 16.9. The third-order valence-corrected chi connectivity index (χ3v) is 4.85. The fourth-order valence-corrected chi connectivity index (χ4v) is 3.37. The molecule has 0 aliphatic carbocycles. The molecular formula is C20H22F3N5OS. The molecule has 1 saturated heterocycles. The van der Waals surface area contributed by atoms with Crippen LogP contribution in [0.15, 0.2) is 42.6 Å². The smallest absolute Gasteiger partial charge is 0.377 e. The Hall–Kier alpha value is -2.59. The largest absolute Gasteiger partial charge is 0.416 e. The predicted octanol–water partition coefficient (Wildman–Crippen LogP) is 3.99. The molecule has 1 N–H and O–H groups in total. The number of hydrogen-bond donors (Lipinski definition) is 1. The molecule has 3 heterocycles. The lowest BCUT2D eigenvalue weighted by Crippen LogP contribution is -2.44. The number of fused-ring (bicyclic) bond motifs is 1. The maximum absolute atomic E-state index is 13.3. The number of rotatable bonds is 4. The summed E-state index contributed by atoms with van der Waals surface area (Å²) in [6.07, 6.45) is -2.79. The van der Waals surface area contributed by atoms with E-state index >= 15 is 0 Å². The second-order valence-electron chi connectivity index (χ2n) is 6.87. The van der Waals surface area contributed by atoms with Crippen molar-refractivity contribution in [1.82, 2.24) is 15.0 Å². The summed E-state index contributed by atoms with van der Waals surface area (Å²) in [5.74, 6) is 0.937. The van der Waals surface area contributed by atoms with E-state index in [1.807, 2.05) is 11.8 Å². The van der Waals surface area contributed by atoms with E-state index in [9.17, 15) is 13.2 Å². The first-order valence-corrected chi connectivity index (χ1v) is 9.29. The van der Waals surface area contributed by atoms with Crippen LogP contribution in [0, 0.1) is 0 Å². The van der Waals surface area contributed by atoms with Crippen LogP contribution in [-0.4, -0.2) is 40.8 Å². The molecule has 6 nitrogen and oxygen atoms in total. The van der Waals surface area contributed by atoms with Gasteiger partial charge in [-0.3, -0.25) is 0 Å². The van der Waals surface area contributed by atoms with Gasteiger partial charge in [0.2, 0.25) is 5.95 Å². The van der Waals surface area contributed by atoms with Crippen molar-refractivity contribution in [2.24, 2.45) is 0 Å². The molecule has 1 aliphatic rings. The Kier molecular flexibility index (Phi) is 6.67. The van der Waals surface area contributed by atoms with Gasteiger partial charge in [0.1, 0.15) is 5.82 Å². The van der Waals surface area contributed by atoms with Crippen LogP contribution in [0.2, 0.25) is 0 Å². The molecule has 1 aromatic carbocycles. The number of nitrogens with one attached hydrogen (secondary N) is 1. The molecular weight excluding hydrogens is 415 g/mol. The molecule has 0 saturated carbocycles. The molecule has 3 aromatic rings. The zero-order valence-electron chi connectivity index (χ0n) is 16.3. The Morgan fingerprint density at radius 2 is 1.97 bits per heavy atom. The highest BCUT2D eigenvalue weighted by atomic mass is 32.1. The van der Waals surface area contributed by atoms with Gasteiger partial charge in [-0.25, -0.2) is 4.98 Å². The summed E-state index contributed by atoms with van der Waals surface area (Å²) >= 11 is 0. The van der Waals surface area contributed by atoms with Gasteiger partial charge in [-0.15, -0.1) is 0 Å². The molecule has 4 rings (SSSR count). The number of morpholine rings is 1. The summed E-state index contributed by atoms with van der Waals surface area (Å²) in [5, 5.41) is 3.72. The van der Waals surface area contributed by atoms with Gasteiger partial charge in [-0.1, -0.05) is 18.2 Å². The molecule has 0 unspecified atom stereocenters. The summed E-state index contributed by atoms with van der Waals surface area (Å²) in [4.78, 5) is 15.5. The molecule has 0 spiro atoms. The fourth-order valence-electron chi connectivity index (χ4n) is 3.37. The average Bonchev–Trinajstić information content (AvgIpc) is 2.71. The molecule has 10 heteroatoms. The van der Waals surface area contributed by atoms with Crippen LogP contribution >= 0.6 is 13.5 Å². The van der Waals surface area contributed by atoms with Crippen LogP contribution in [0.4, 0.5) is 24.9 Å². The third-order valence-electron chi connectivity index (χ3n) is 4.85. The maximum atomic E-state index is 13.3. The highest BCUT2D eigenvalue weighted by molar-refractivity contribution is 7.59. The Morgan fingerprint density at radius 1 is 1.17 bits per heavy atom. The lowest BCUT2D eigenvalue weighted by atomic mass is 10.1. The van der Waals surface area contributed by atoms with Gasteiger partial charge in [-0.05, 0) is 30.7 Å². The molecule has 0 amide bonds. The molecule has 0 bridgehead atoms. The number of anilines is 2. The fraction of sp³-hybridized carbons (Fsp3) is 0.350. The second kappa shape index (κ2) is 9.05. The predicted molar refractivity (Wildman–Crippen MR) is 114 cm³/mol. The first-order valence-electron chi connectivity index (χ1n) is 9.29. The van der Waals surface area contributed by atoms with Gasteiger partial charge >= 0.3 is 6.18 Å². The minimum absolute atomic E-state index is 0. The van der Waals surface area contributed by atoms with Crippen molar-refractivity contribution in [1.29, 1.82) is 0 Å². The molecule has 1 aliphatic heterocycles. The number of hydrogen-bond acceptors (Lipinski definition) is 6. The number of alkyl halides is 3. The molecule has 1 atom stereocenters. The minimum atomic E-state index is -4.41. The van der Waals surface area contributed by atoms with Crippen molar-refractivity contribution in [2.45, 2.75) is 25.7 Å². The summed E-state index contributed by atoms with van der Waals surface area (Å²) in [5.41, 5.74) is -0.0225. The first-order chi connectivity index (χ1) is 13.9. The first kappa shape index (κ1) is 22.1. The van der Waals surface area contributed by atoms with Crippen LogP contribution in [-0.2, 0) is 17.5 Å². The van der Waals surface area contributed by atoms with Gasteiger partial charge in [0, 0.05) is 19.3 Å². The third kappa shape index (κ3) is 4.59. The standard InChI is InChI=1S/C20H20F3N5O.H2S/c1-13-12-29-10-9-28(13)19-26-17-15(6-4-8-24-17)18(27-19)25-11-14-5-2-3-7-16(14)20(21,22)23;/h2-8,13H,9-12H2,1H3,(H,24,25,26,27);1H2/t13-;/m0./s1. The monoisotopic (exact) mass is 437 g/mol. The maximum Gasteiger partial charge on any atom is 0.416 e. The minimum Gasteiger partial charge on any atom is -0.377 e. The van der Waals surface area contributed by atoms with Crippen molar-refractivity contribution in [3.05, 3.63) is 53.7 Å². The van der Waals surface area contributed by atoms with Crippen LogP contribution in [0.1, 0.15) is 18.1 Å². The van der Waals surface area contributed by atoms with Gasteiger partial charge < -0.3 is 15.0 Å². The van der Waals surface area contributed by atoms with E-state index < -0.39 is 11.7 Å². The Morgan fingerprint density at radius 3 is 2.73 bits per heavy atom. The van der Waals surface area contributed by atoms with E-state index in [1.165, 1.54) is 12.1 Å². The number of aromatic nitrogens is 3. The lowest BCUT2D eigenvalue weighted by molar-refractivity contribution is -0.138. The van der Waals surface area contributed by atoms with Crippen LogP contribution in [0.25, 0.3) is 11.0 Å². The Labute approximate surface area is 178 Å². The highest BCUT2D eigenvalue weighted by Gasteiger charge is 2.32. The Bertz CT molecular complexity index is 1020. The molecule has 0 radical (unpaired) electrons. The van der Waals surface area contributed by atoms with Gasteiger partial charge in [0.25, 0.3) is 0 Å². The van der Waals surface area contributed by atoms with Crippen molar-refractivity contribution >= 4 is 36.3 Å². The van der Waals surface area contributed by atoms with Gasteiger partial charge in [0.15, 0.2) is 5.65 Å². The van der Waals surface area contributed by atoms with Crippen molar-refractivity contribution in [2.75, 3.05) is 30.0 Å². The number of pyridine rings is 1. The topological polar surface area (TPSA) is 63.2 Å². The Balaban J connectivity index is 0.00000256. The molecule has 30 heavy (non-hydrogen) atoms. The van der Waals surface area contributed by atoms with Crippen molar-refractivity contribution in [3.8, 4) is 0 Å². The number of nitrogens with zero attached hydrogens (tertiary/aromatic N) is 4. The van der Waals surface area contributed by atoms with E-state index in [4.69, 9.17) is 4.74 Å². The van der Waals surface area contributed by atoms with E-state index in [1.54, 1.807) is 24.4 Å². The summed E-state index contributed by atoms with van der Waals surface area (Å²) in [6, 6.07) is 9.15. The SMILES string of the molecule is C[C@H]1COCCN1c1nc(NCc2ccccc2C(F)(F)F)c2cccnc2n1.S.